The number of carboxylic acids is 1. The van der Waals surface area contributed by atoms with E-state index in [1.807, 2.05) is 48.5 Å². The summed E-state index contributed by atoms with van der Waals surface area (Å²) in [6.45, 7) is 0. The molecule has 0 heterocycles. The maximum Gasteiger partial charge on any atom is 0.303 e. The number of aliphatic carboxylic acids is 1. The number of ether oxygens (including phenoxy) is 1. The first-order valence-corrected chi connectivity index (χ1v) is 7.96. The van der Waals surface area contributed by atoms with Gasteiger partial charge in [-0.25, -0.2) is 0 Å². The Balaban J connectivity index is 1.55. The number of hydrogen-bond acceptors (Lipinski definition) is 3. The third-order valence-corrected chi connectivity index (χ3v) is 4.15. The first kappa shape index (κ1) is 16.1. The number of para-hydroxylation sites is 1. The second-order valence-corrected chi connectivity index (χ2v) is 6.06. The van der Waals surface area contributed by atoms with E-state index in [-0.39, 0.29) is 24.2 Å². The number of hydrogen-bond donors (Lipinski definition) is 2. The van der Waals surface area contributed by atoms with E-state index < -0.39 is 5.97 Å². The molecule has 1 aliphatic carbocycles. The molecule has 1 fully saturated rings. The molecule has 0 atom stereocenters. The summed E-state index contributed by atoms with van der Waals surface area (Å²) >= 11 is 0. The Bertz CT molecular complexity index is 723. The number of carbonyl (C=O) groups excluding carboxylic acids is 1. The standard InChI is InChI=1S/C19H19NO4/c21-18(22)11-13-9-14(10-13)19(23)20-15-5-4-8-17(12-15)24-16-6-2-1-3-7-16/h1-8,12-14H,9-11H2,(H,20,23)(H,21,22). The molecular formula is C19H19NO4. The molecule has 0 radical (unpaired) electrons. The van der Waals surface area contributed by atoms with Crippen molar-refractivity contribution in [2.45, 2.75) is 19.3 Å². The maximum atomic E-state index is 12.2. The lowest BCUT2D eigenvalue weighted by Gasteiger charge is -2.33. The van der Waals surface area contributed by atoms with E-state index in [4.69, 9.17) is 9.84 Å². The molecule has 2 aromatic carbocycles. The van der Waals surface area contributed by atoms with Gasteiger partial charge in [-0.2, -0.15) is 0 Å². The third-order valence-electron chi connectivity index (χ3n) is 4.15. The van der Waals surface area contributed by atoms with Gasteiger partial charge >= 0.3 is 5.97 Å². The topological polar surface area (TPSA) is 75.6 Å². The lowest BCUT2D eigenvalue weighted by molar-refractivity contribution is -0.140. The predicted molar refractivity (Wildman–Crippen MR) is 90.1 cm³/mol. The number of nitrogens with one attached hydrogen (secondary N) is 1. The molecule has 0 bridgehead atoms. The summed E-state index contributed by atoms with van der Waals surface area (Å²) in [5, 5.41) is 11.6. The Morgan fingerprint density at radius 3 is 2.46 bits per heavy atom. The number of anilines is 1. The monoisotopic (exact) mass is 325 g/mol. The predicted octanol–water partition coefficient (Wildman–Crippen LogP) is 3.92. The molecule has 2 N–H and O–H groups in total. The Labute approximate surface area is 140 Å². The highest BCUT2D eigenvalue weighted by Gasteiger charge is 2.35. The lowest BCUT2D eigenvalue weighted by Crippen LogP contribution is -2.35. The van der Waals surface area contributed by atoms with Crippen molar-refractivity contribution < 1.29 is 19.4 Å². The summed E-state index contributed by atoms with van der Waals surface area (Å²) in [5.41, 5.74) is 0.676. The quantitative estimate of drug-likeness (QED) is 0.844. The van der Waals surface area contributed by atoms with Crippen LogP contribution in [0.25, 0.3) is 0 Å². The zero-order chi connectivity index (χ0) is 16.9. The van der Waals surface area contributed by atoms with Gasteiger partial charge in [0.1, 0.15) is 11.5 Å². The minimum Gasteiger partial charge on any atom is -0.481 e. The van der Waals surface area contributed by atoms with Crippen molar-refractivity contribution in [3.05, 3.63) is 54.6 Å². The molecule has 124 valence electrons. The van der Waals surface area contributed by atoms with Crippen LogP contribution in [0.5, 0.6) is 11.5 Å². The number of benzene rings is 2. The van der Waals surface area contributed by atoms with Crippen molar-refractivity contribution in [1.82, 2.24) is 0 Å². The molecular weight excluding hydrogens is 306 g/mol. The van der Waals surface area contributed by atoms with Crippen LogP contribution in [0.1, 0.15) is 19.3 Å². The fourth-order valence-corrected chi connectivity index (χ4v) is 2.87. The summed E-state index contributed by atoms with van der Waals surface area (Å²) in [4.78, 5) is 22.8. The normalized spacial score (nSPS) is 19.2. The van der Waals surface area contributed by atoms with Gasteiger partial charge in [0.2, 0.25) is 5.91 Å². The number of carboxylic acid groups (broad SMARTS) is 1. The second kappa shape index (κ2) is 7.17. The van der Waals surface area contributed by atoms with E-state index in [9.17, 15) is 9.59 Å². The van der Waals surface area contributed by atoms with Crippen molar-refractivity contribution >= 4 is 17.6 Å². The van der Waals surface area contributed by atoms with E-state index >= 15 is 0 Å². The van der Waals surface area contributed by atoms with E-state index in [0.29, 0.717) is 24.3 Å². The van der Waals surface area contributed by atoms with Crippen LogP contribution in [0.4, 0.5) is 5.69 Å². The fourth-order valence-electron chi connectivity index (χ4n) is 2.87. The van der Waals surface area contributed by atoms with Crippen LogP contribution in [-0.4, -0.2) is 17.0 Å². The molecule has 0 aromatic heterocycles. The molecule has 3 rings (SSSR count). The zero-order valence-corrected chi connectivity index (χ0v) is 13.1. The molecule has 5 heteroatoms. The molecule has 1 saturated carbocycles. The molecule has 2 aromatic rings. The van der Waals surface area contributed by atoms with Crippen LogP contribution in [-0.2, 0) is 9.59 Å². The van der Waals surface area contributed by atoms with Gasteiger partial charge in [-0.3, -0.25) is 9.59 Å². The summed E-state index contributed by atoms with van der Waals surface area (Å²) in [5.74, 6) is 0.532. The molecule has 1 amide bonds. The van der Waals surface area contributed by atoms with Gasteiger partial charge in [-0.15, -0.1) is 0 Å². The van der Waals surface area contributed by atoms with Gasteiger partial charge in [-0.1, -0.05) is 24.3 Å². The van der Waals surface area contributed by atoms with Gasteiger partial charge in [-0.05, 0) is 43.0 Å². The van der Waals surface area contributed by atoms with Crippen LogP contribution < -0.4 is 10.1 Å². The van der Waals surface area contributed by atoms with E-state index in [1.54, 1.807) is 6.07 Å². The van der Waals surface area contributed by atoms with Gasteiger partial charge in [0.05, 0.1) is 0 Å². The molecule has 0 saturated heterocycles. The largest absolute Gasteiger partial charge is 0.481 e. The molecule has 1 aliphatic rings. The van der Waals surface area contributed by atoms with E-state index in [2.05, 4.69) is 5.32 Å². The van der Waals surface area contributed by atoms with E-state index in [0.717, 1.165) is 5.75 Å². The van der Waals surface area contributed by atoms with Crippen LogP contribution in [0.15, 0.2) is 54.6 Å². The highest BCUT2D eigenvalue weighted by molar-refractivity contribution is 5.93. The minimum atomic E-state index is -0.801. The van der Waals surface area contributed by atoms with Crippen LogP contribution in [0, 0.1) is 11.8 Å². The summed E-state index contributed by atoms with van der Waals surface area (Å²) in [7, 11) is 0. The van der Waals surface area contributed by atoms with E-state index in [1.165, 1.54) is 0 Å². The van der Waals surface area contributed by atoms with Gasteiger partial charge < -0.3 is 15.2 Å². The molecule has 0 unspecified atom stereocenters. The van der Waals surface area contributed by atoms with Gasteiger partial charge in [0, 0.05) is 24.1 Å². The third kappa shape index (κ3) is 4.13. The Hall–Kier alpha value is -2.82. The van der Waals surface area contributed by atoms with Crippen LogP contribution >= 0.6 is 0 Å². The molecule has 0 aliphatic heterocycles. The average Bonchev–Trinajstić information content (AvgIpc) is 2.51. The van der Waals surface area contributed by atoms with Crippen molar-refractivity contribution in [3.63, 3.8) is 0 Å². The first-order chi connectivity index (χ1) is 11.6. The minimum absolute atomic E-state index is 0.0616. The molecule has 24 heavy (non-hydrogen) atoms. The molecule has 5 nitrogen and oxygen atoms in total. The number of amides is 1. The second-order valence-electron chi connectivity index (χ2n) is 6.06. The highest BCUT2D eigenvalue weighted by Crippen LogP contribution is 2.37. The zero-order valence-electron chi connectivity index (χ0n) is 13.1. The fraction of sp³-hybridized carbons (Fsp3) is 0.263. The smallest absolute Gasteiger partial charge is 0.303 e. The molecule has 0 spiro atoms. The highest BCUT2D eigenvalue weighted by atomic mass is 16.5. The van der Waals surface area contributed by atoms with Crippen molar-refractivity contribution in [3.8, 4) is 11.5 Å². The summed E-state index contributed by atoms with van der Waals surface area (Å²) in [6, 6.07) is 16.7. The van der Waals surface area contributed by atoms with Crippen LogP contribution in [0.2, 0.25) is 0 Å². The Morgan fingerprint density at radius 1 is 1.04 bits per heavy atom. The van der Waals surface area contributed by atoms with Gasteiger partial charge in [0.15, 0.2) is 0 Å². The number of rotatable bonds is 6. The SMILES string of the molecule is O=C(O)CC1CC(C(=O)Nc2cccc(Oc3ccccc3)c2)C1. The van der Waals surface area contributed by atoms with Crippen LogP contribution in [0.3, 0.4) is 0 Å². The Kier molecular flexibility index (Phi) is 4.79. The van der Waals surface area contributed by atoms with Crippen molar-refractivity contribution in [2.75, 3.05) is 5.32 Å². The average molecular weight is 325 g/mol. The first-order valence-electron chi connectivity index (χ1n) is 7.96. The summed E-state index contributed by atoms with van der Waals surface area (Å²) in [6.07, 6.45) is 1.42. The van der Waals surface area contributed by atoms with Gasteiger partial charge in [0.25, 0.3) is 0 Å². The van der Waals surface area contributed by atoms with Crippen molar-refractivity contribution in [1.29, 1.82) is 0 Å². The lowest BCUT2D eigenvalue weighted by atomic mass is 9.73. The summed E-state index contributed by atoms with van der Waals surface area (Å²) < 4.78 is 5.75. The number of carbonyl (C=O) groups is 2. The Morgan fingerprint density at radius 2 is 1.75 bits per heavy atom. The van der Waals surface area contributed by atoms with Crippen molar-refractivity contribution in [2.24, 2.45) is 11.8 Å². The maximum absolute atomic E-state index is 12.2.